The molecule has 0 saturated heterocycles. The van der Waals surface area contributed by atoms with Crippen molar-refractivity contribution in [1.82, 2.24) is 0 Å². The van der Waals surface area contributed by atoms with Crippen molar-refractivity contribution in [3.63, 3.8) is 0 Å². The average molecular weight is 615 g/mol. The summed E-state index contributed by atoms with van der Waals surface area (Å²) in [5.74, 6) is 1.84. The molecule has 2 rings (SSSR count). The van der Waals surface area contributed by atoms with E-state index in [1.165, 1.54) is 64.2 Å². The fourth-order valence-electron chi connectivity index (χ4n) is 4.82. The number of esters is 2. The Morgan fingerprint density at radius 3 is 1.17 bits per heavy atom. The summed E-state index contributed by atoms with van der Waals surface area (Å²) >= 11 is 8.48. The molecule has 0 aliphatic heterocycles. The van der Waals surface area contributed by atoms with Crippen LogP contribution >= 0.6 is 25.3 Å². The van der Waals surface area contributed by atoms with Gasteiger partial charge in [0, 0.05) is 24.0 Å². The second-order valence-electron chi connectivity index (χ2n) is 10.9. The molecule has 0 unspecified atom stereocenters. The lowest BCUT2D eigenvalue weighted by atomic mass is 10.0. The largest absolute Gasteiger partial charge is 0.427 e. The summed E-state index contributed by atoms with van der Waals surface area (Å²) in [6, 6.07) is 13.3. The molecule has 0 spiro atoms. The van der Waals surface area contributed by atoms with Crippen LogP contribution in [0.2, 0.25) is 0 Å². The number of hydrogen-bond donors (Lipinski definition) is 2. The molecule has 0 aromatic heterocycles. The van der Waals surface area contributed by atoms with E-state index in [-0.39, 0.29) is 17.7 Å². The van der Waals surface area contributed by atoms with E-state index < -0.39 is 0 Å². The zero-order chi connectivity index (χ0) is 30.3. The first-order valence-corrected chi connectivity index (χ1v) is 17.2. The quantitative estimate of drug-likeness (QED) is 0.0405. The minimum Gasteiger partial charge on any atom is -0.427 e. The third-order valence-electron chi connectivity index (χ3n) is 7.23. The second kappa shape index (κ2) is 23.2. The second-order valence-corrected chi connectivity index (χ2v) is 11.8. The van der Waals surface area contributed by atoms with Crippen LogP contribution in [0, 0.1) is 0 Å². The van der Waals surface area contributed by atoms with Gasteiger partial charge in [0.2, 0.25) is 0 Å². The number of unbranched alkanes of at least 4 members (excludes halogenated alkanes) is 14. The first kappa shape index (κ1) is 35.9. The van der Waals surface area contributed by atoms with Crippen LogP contribution in [-0.2, 0) is 9.59 Å². The van der Waals surface area contributed by atoms with Crippen molar-refractivity contribution in [3.05, 3.63) is 59.7 Å². The number of ether oxygens (including phenoxy) is 2. The van der Waals surface area contributed by atoms with E-state index in [2.05, 4.69) is 25.3 Å². The molecule has 0 N–H and O–H groups in total. The number of hydrogen-bond acceptors (Lipinski definition) is 7. The standard InChI is InChI=1S/C35H50O5S2/c36-33(23-13-9-5-1-3-7-11-15-25-41)39-31-21-17-19-29(27-31)35(38)30-20-18-22-32(28-30)40-34(37)24-14-10-6-2-4-8-12-16-26-42/h17-22,27-28,41-42H,1-16,23-26H2. The van der Waals surface area contributed by atoms with Gasteiger partial charge in [-0.05, 0) is 61.5 Å². The van der Waals surface area contributed by atoms with Gasteiger partial charge >= 0.3 is 11.9 Å². The van der Waals surface area contributed by atoms with Crippen LogP contribution in [0.1, 0.15) is 131 Å². The molecule has 2 aromatic rings. The van der Waals surface area contributed by atoms with Crippen LogP contribution in [0.4, 0.5) is 0 Å². The summed E-state index contributed by atoms with van der Waals surface area (Å²) in [5, 5.41) is 0. The first-order chi connectivity index (χ1) is 20.5. The van der Waals surface area contributed by atoms with E-state index in [0.29, 0.717) is 35.5 Å². The van der Waals surface area contributed by atoms with Gasteiger partial charge in [0.15, 0.2) is 5.78 Å². The summed E-state index contributed by atoms with van der Waals surface area (Å²) in [4.78, 5) is 37.8. The highest BCUT2D eigenvalue weighted by Gasteiger charge is 2.14. The molecule has 5 nitrogen and oxygen atoms in total. The predicted octanol–water partition coefficient (Wildman–Crippen LogP) is 9.61. The molecule has 232 valence electrons. The Labute approximate surface area is 264 Å². The predicted molar refractivity (Wildman–Crippen MR) is 178 cm³/mol. The highest BCUT2D eigenvalue weighted by Crippen LogP contribution is 2.21. The molecule has 42 heavy (non-hydrogen) atoms. The van der Waals surface area contributed by atoms with Crippen LogP contribution < -0.4 is 9.47 Å². The Balaban J connectivity index is 1.72. The summed E-state index contributed by atoms with van der Waals surface area (Å²) in [6.07, 6.45) is 18.8. The van der Waals surface area contributed by atoms with E-state index in [1.54, 1.807) is 48.5 Å². The maximum absolute atomic E-state index is 13.1. The fourth-order valence-corrected chi connectivity index (χ4v) is 5.26. The normalized spacial score (nSPS) is 10.9. The lowest BCUT2D eigenvalue weighted by molar-refractivity contribution is -0.135. The van der Waals surface area contributed by atoms with E-state index in [4.69, 9.17) is 9.47 Å². The number of carbonyl (C=O) groups is 3. The van der Waals surface area contributed by atoms with Crippen molar-refractivity contribution < 1.29 is 23.9 Å². The van der Waals surface area contributed by atoms with Crippen molar-refractivity contribution in [2.45, 2.75) is 116 Å². The molecule has 0 atom stereocenters. The topological polar surface area (TPSA) is 69.7 Å². The summed E-state index contributed by atoms with van der Waals surface area (Å²) in [6.45, 7) is 0. The highest BCUT2D eigenvalue weighted by molar-refractivity contribution is 7.80. The molecule has 0 radical (unpaired) electrons. The first-order valence-electron chi connectivity index (χ1n) is 15.9. The summed E-state index contributed by atoms with van der Waals surface area (Å²) in [7, 11) is 0. The smallest absolute Gasteiger partial charge is 0.311 e. The van der Waals surface area contributed by atoms with Crippen LogP contribution in [0.5, 0.6) is 11.5 Å². The van der Waals surface area contributed by atoms with Crippen LogP contribution in [0.25, 0.3) is 0 Å². The van der Waals surface area contributed by atoms with E-state index in [1.807, 2.05) is 0 Å². The minimum atomic E-state index is -0.286. The van der Waals surface area contributed by atoms with Crippen LogP contribution in [0.3, 0.4) is 0 Å². The van der Waals surface area contributed by atoms with Gasteiger partial charge in [-0.15, -0.1) is 0 Å². The third-order valence-corrected chi connectivity index (χ3v) is 7.87. The maximum Gasteiger partial charge on any atom is 0.311 e. The molecule has 0 heterocycles. The number of carbonyl (C=O) groups excluding carboxylic acids is 3. The molecular weight excluding hydrogens is 565 g/mol. The van der Waals surface area contributed by atoms with Crippen molar-refractivity contribution in [3.8, 4) is 11.5 Å². The van der Waals surface area contributed by atoms with Gasteiger partial charge in [-0.1, -0.05) is 101 Å². The van der Waals surface area contributed by atoms with E-state index >= 15 is 0 Å². The Morgan fingerprint density at radius 2 is 0.810 bits per heavy atom. The molecule has 0 amide bonds. The van der Waals surface area contributed by atoms with Gasteiger partial charge in [-0.3, -0.25) is 14.4 Å². The minimum absolute atomic E-state index is 0.227. The Hall–Kier alpha value is -2.25. The molecule has 0 saturated carbocycles. The number of thiol groups is 2. The number of rotatable bonds is 24. The Morgan fingerprint density at radius 1 is 0.476 bits per heavy atom. The average Bonchev–Trinajstić information content (AvgIpc) is 2.99. The van der Waals surface area contributed by atoms with Crippen molar-refractivity contribution in [2.75, 3.05) is 11.5 Å². The zero-order valence-corrected chi connectivity index (χ0v) is 27.0. The summed E-state index contributed by atoms with van der Waals surface area (Å²) in [5.41, 5.74) is 0.819. The molecule has 0 aliphatic carbocycles. The van der Waals surface area contributed by atoms with Crippen molar-refractivity contribution in [2.24, 2.45) is 0 Å². The molecule has 7 heteroatoms. The third kappa shape index (κ3) is 16.4. The van der Waals surface area contributed by atoms with E-state index in [9.17, 15) is 14.4 Å². The maximum atomic E-state index is 13.1. The lowest BCUT2D eigenvalue weighted by Gasteiger charge is -2.08. The van der Waals surface area contributed by atoms with Gasteiger partial charge in [0.1, 0.15) is 11.5 Å². The fraction of sp³-hybridized carbons (Fsp3) is 0.571. The van der Waals surface area contributed by atoms with Gasteiger partial charge in [0.05, 0.1) is 0 Å². The Kier molecular flexibility index (Phi) is 19.9. The highest BCUT2D eigenvalue weighted by atomic mass is 32.1. The van der Waals surface area contributed by atoms with Crippen LogP contribution in [-0.4, -0.2) is 29.2 Å². The molecule has 0 aliphatic rings. The van der Waals surface area contributed by atoms with E-state index in [0.717, 1.165) is 50.0 Å². The molecule has 2 aromatic carbocycles. The summed E-state index contributed by atoms with van der Waals surface area (Å²) < 4.78 is 11.0. The van der Waals surface area contributed by atoms with Gasteiger partial charge in [-0.25, -0.2) is 0 Å². The van der Waals surface area contributed by atoms with Gasteiger partial charge in [0.25, 0.3) is 0 Å². The monoisotopic (exact) mass is 614 g/mol. The molecule has 0 fully saturated rings. The van der Waals surface area contributed by atoms with Crippen molar-refractivity contribution >= 4 is 43.0 Å². The SMILES string of the molecule is O=C(CCCCCCCCCCS)Oc1cccc(C(=O)c2cccc(OC(=O)CCCCCCCCCCS)c2)c1. The lowest BCUT2D eigenvalue weighted by Crippen LogP contribution is -2.09. The molecule has 0 bridgehead atoms. The number of ketones is 1. The Bertz CT molecular complexity index is 974. The van der Waals surface area contributed by atoms with Crippen LogP contribution in [0.15, 0.2) is 48.5 Å². The van der Waals surface area contributed by atoms with Gasteiger partial charge < -0.3 is 9.47 Å². The zero-order valence-electron chi connectivity index (χ0n) is 25.2. The molecular formula is C35H50O5S2. The van der Waals surface area contributed by atoms with Gasteiger partial charge in [-0.2, -0.15) is 25.3 Å². The number of benzene rings is 2. The van der Waals surface area contributed by atoms with Crippen molar-refractivity contribution in [1.29, 1.82) is 0 Å².